The van der Waals surface area contributed by atoms with E-state index < -0.39 is 0 Å². The molecule has 0 aromatic heterocycles. The van der Waals surface area contributed by atoms with E-state index in [-0.39, 0.29) is 6.04 Å². The average Bonchev–Trinajstić information content (AvgIpc) is 2.44. The molecular formula is C16H18BrClN2. The molecule has 0 amide bonds. The van der Waals surface area contributed by atoms with Gasteiger partial charge < -0.3 is 0 Å². The van der Waals surface area contributed by atoms with Crippen LogP contribution in [0.15, 0.2) is 46.9 Å². The average molecular weight is 354 g/mol. The Kier molecular flexibility index (Phi) is 5.61. The minimum Gasteiger partial charge on any atom is -0.271 e. The summed E-state index contributed by atoms with van der Waals surface area (Å²) in [7, 11) is 0. The molecule has 2 aromatic rings. The Bertz CT molecular complexity index is 586. The van der Waals surface area contributed by atoms with Gasteiger partial charge in [0.15, 0.2) is 0 Å². The highest BCUT2D eigenvalue weighted by molar-refractivity contribution is 9.10. The maximum absolute atomic E-state index is 6.17. The van der Waals surface area contributed by atoms with Crippen LogP contribution in [0.3, 0.4) is 0 Å². The maximum Gasteiger partial charge on any atom is 0.0710 e. The Hall–Kier alpha value is -0.870. The fourth-order valence-corrected chi connectivity index (χ4v) is 2.73. The highest BCUT2D eigenvalue weighted by Gasteiger charge is 2.14. The minimum atomic E-state index is -0.0580. The van der Waals surface area contributed by atoms with Crippen LogP contribution in [-0.2, 0) is 6.42 Å². The molecule has 0 saturated heterocycles. The second-order valence-electron chi connectivity index (χ2n) is 4.77. The predicted octanol–water partition coefficient (Wildman–Crippen LogP) is 4.61. The van der Waals surface area contributed by atoms with E-state index in [2.05, 4.69) is 52.5 Å². The Morgan fingerprint density at radius 3 is 2.60 bits per heavy atom. The number of hydrazine groups is 1. The first-order valence-electron chi connectivity index (χ1n) is 6.65. The van der Waals surface area contributed by atoms with Crippen LogP contribution in [0.2, 0.25) is 5.02 Å². The quantitative estimate of drug-likeness (QED) is 0.608. The van der Waals surface area contributed by atoms with Gasteiger partial charge in [0, 0.05) is 4.47 Å². The Labute approximate surface area is 133 Å². The largest absolute Gasteiger partial charge is 0.271 e. The number of hydrogen-bond donors (Lipinski definition) is 2. The zero-order chi connectivity index (χ0) is 14.5. The van der Waals surface area contributed by atoms with Crippen LogP contribution in [-0.4, -0.2) is 0 Å². The molecule has 0 aliphatic heterocycles. The molecule has 0 bridgehead atoms. The molecule has 0 saturated carbocycles. The lowest BCUT2D eigenvalue weighted by molar-refractivity contribution is 0.636. The molecular weight excluding hydrogens is 336 g/mol. The van der Waals surface area contributed by atoms with E-state index in [1.54, 1.807) is 0 Å². The van der Waals surface area contributed by atoms with Gasteiger partial charge >= 0.3 is 0 Å². The molecule has 20 heavy (non-hydrogen) atoms. The van der Waals surface area contributed by atoms with Crippen molar-refractivity contribution >= 4 is 27.5 Å². The fraction of sp³-hybridized carbons (Fsp3) is 0.250. The molecule has 106 valence electrons. The normalized spacial score (nSPS) is 12.4. The van der Waals surface area contributed by atoms with E-state index >= 15 is 0 Å². The van der Waals surface area contributed by atoms with Crippen molar-refractivity contribution in [3.05, 3.63) is 68.7 Å². The molecule has 0 radical (unpaired) electrons. The van der Waals surface area contributed by atoms with Gasteiger partial charge in [-0.05, 0) is 51.2 Å². The zero-order valence-corrected chi connectivity index (χ0v) is 13.7. The van der Waals surface area contributed by atoms with E-state index in [1.165, 1.54) is 5.56 Å². The van der Waals surface area contributed by atoms with Crippen molar-refractivity contribution < 1.29 is 0 Å². The van der Waals surface area contributed by atoms with E-state index in [0.29, 0.717) is 5.02 Å². The lowest BCUT2D eigenvalue weighted by Gasteiger charge is -2.18. The number of rotatable bonds is 5. The second-order valence-corrected chi connectivity index (χ2v) is 6.03. The monoisotopic (exact) mass is 352 g/mol. The Balaban J connectivity index is 2.36. The van der Waals surface area contributed by atoms with Gasteiger partial charge in [-0.3, -0.25) is 5.84 Å². The summed E-state index contributed by atoms with van der Waals surface area (Å²) in [5, 5.41) is 0.687. The van der Waals surface area contributed by atoms with Gasteiger partial charge in [-0.15, -0.1) is 0 Å². The first-order chi connectivity index (χ1) is 9.65. The van der Waals surface area contributed by atoms with Crippen molar-refractivity contribution in [1.29, 1.82) is 0 Å². The molecule has 2 nitrogen and oxygen atoms in total. The van der Waals surface area contributed by atoms with Gasteiger partial charge in [0.1, 0.15) is 0 Å². The van der Waals surface area contributed by atoms with Gasteiger partial charge in [0.2, 0.25) is 0 Å². The molecule has 0 spiro atoms. The zero-order valence-electron chi connectivity index (χ0n) is 11.4. The topological polar surface area (TPSA) is 38.0 Å². The summed E-state index contributed by atoms with van der Waals surface area (Å²) >= 11 is 9.57. The number of benzene rings is 2. The van der Waals surface area contributed by atoms with Crippen molar-refractivity contribution in [2.45, 2.75) is 25.8 Å². The molecule has 0 fully saturated rings. The molecule has 0 aliphatic rings. The molecule has 3 N–H and O–H groups in total. The maximum atomic E-state index is 6.17. The van der Waals surface area contributed by atoms with E-state index in [9.17, 15) is 0 Å². The Morgan fingerprint density at radius 1 is 1.20 bits per heavy atom. The highest BCUT2D eigenvalue weighted by Crippen LogP contribution is 2.29. The van der Waals surface area contributed by atoms with Crippen LogP contribution < -0.4 is 11.3 Å². The lowest BCUT2D eigenvalue weighted by atomic mass is 9.96. The molecule has 0 heterocycles. The van der Waals surface area contributed by atoms with Crippen molar-refractivity contribution in [3.63, 3.8) is 0 Å². The molecule has 1 atom stereocenters. The molecule has 2 rings (SSSR count). The first-order valence-corrected chi connectivity index (χ1v) is 7.82. The third kappa shape index (κ3) is 3.61. The summed E-state index contributed by atoms with van der Waals surface area (Å²) in [4.78, 5) is 0. The van der Waals surface area contributed by atoms with Crippen molar-refractivity contribution in [2.75, 3.05) is 0 Å². The summed E-state index contributed by atoms with van der Waals surface area (Å²) in [5.74, 6) is 5.74. The van der Waals surface area contributed by atoms with Crippen LogP contribution in [0.4, 0.5) is 0 Å². The van der Waals surface area contributed by atoms with Crippen LogP contribution in [0.5, 0.6) is 0 Å². The van der Waals surface area contributed by atoms with Gasteiger partial charge in [0.05, 0.1) is 11.1 Å². The SMILES string of the molecule is CCCc1cccc(C(NN)c2ccc(Br)c(Cl)c2)c1. The van der Waals surface area contributed by atoms with Gasteiger partial charge in [-0.1, -0.05) is 55.3 Å². The summed E-state index contributed by atoms with van der Waals surface area (Å²) in [6, 6.07) is 14.3. The highest BCUT2D eigenvalue weighted by atomic mass is 79.9. The minimum absolute atomic E-state index is 0.0580. The first kappa shape index (κ1) is 15.5. The van der Waals surface area contributed by atoms with Gasteiger partial charge in [-0.25, -0.2) is 5.43 Å². The van der Waals surface area contributed by atoms with Crippen molar-refractivity contribution in [3.8, 4) is 0 Å². The summed E-state index contributed by atoms with van der Waals surface area (Å²) in [5.41, 5.74) is 6.40. The van der Waals surface area contributed by atoms with E-state index in [1.807, 2.05) is 18.2 Å². The van der Waals surface area contributed by atoms with Gasteiger partial charge in [-0.2, -0.15) is 0 Å². The second kappa shape index (κ2) is 7.23. The lowest BCUT2D eigenvalue weighted by Crippen LogP contribution is -2.28. The predicted molar refractivity (Wildman–Crippen MR) is 88.8 cm³/mol. The number of hydrogen-bond acceptors (Lipinski definition) is 2. The molecule has 1 unspecified atom stereocenters. The summed E-state index contributed by atoms with van der Waals surface area (Å²) in [6.45, 7) is 2.18. The van der Waals surface area contributed by atoms with Gasteiger partial charge in [0.25, 0.3) is 0 Å². The number of nitrogens with one attached hydrogen (secondary N) is 1. The smallest absolute Gasteiger partial charge is 0.0710 e. The summed E-state index contributed by atoms with van der Waals surface area (Å²) in [6.07, 6.45) is 2.21. The number of halogens is 2. The number of aryl methyl sites for hydroxylation is 1. The molecule has 0 aliphatic carbocycles. The van der Waals surface area contributed by atoms with Crippen LogP contribution in [0.25, 0.3) is 0 Å². The summed E-state index contributed by atoms with van der Waals surface area (Å²) < 4.78 is 0.887. The standard InChI is InChI=1S/C16H18BrClN2/c1-2-4-11-5-3-6-12(9-11)16(20-19)13-7-8-14(17)15(18)10-13/h3,5-10,16,20H,2,4,19H2,1H3. The van der Waals surface area contributed by atoms with Crippen molar-refractivity contribution in [2.24, 2.45) is 5.84 Å². The molecule has 2 aromatic carbocycles. The van der Waals surface area contributed by atoms with E-state index in [0.717, 1.165) is 28.4 Å². The van der Waals surface area contributed by atoms with Crippen LogP contribution in [0, 0.1) is 0 Å². The van der Waals surface area contributed by atoms with Crippen LogP contribution in [0.1, 0.15) is 36.1 Å². The third-order valence-corrected chi connectivity index (χ3v) is 4.50. The van der Waals surface area contributed by atoms with Crippen molar-refractivity contribution in [1.82, 2.24) is 5.43 Å². The third-order valence-electron chi connectivity index (χ3n) is 3.27. The molecule has 4 heteroatoms. The fourth-order valence-electron chi connectivity index (χ4n) is 2.29. The van der Waals surface area contributed by atoms with E-state index in [4.69, 9.17) is 17.4 Å². The van der Waals surface area contributed by atoms with Crippen LogP contribution >= 0.6 is 27.5 Å². The number of nitrogens with two attached hydrogens (primary N) is 1. The Morgan fingerprint density at radius 2 is 1.95 bits per heavy atom.